The maximum Gasteiger partial charge on any atom is 0.223 e. The predicted molar refractivity (Wildman–Crippen MR) is 71.0 cm³/mol. The number of likely N-dealkylation sites (N-methyl/N-ethyl adjacent to an activating group) is 1. The van der Waals surface area contributed by atoms with E-state index in [0.717, 1.165) is 6.54 Å². The van der Waals surface area contributed by atoms with Crippen molar-refractivity contribution in [2.75, 3.05) is 33.7 Å². The summed E-state index contributed by atoms with van der Waals surface area (Å²) in [6.45, 7) is 6.26. The average Bonchev–Trinajstić information content (AvgIpc) is 3.05. The molecule has 0 radical (unpaired) electrons. The summed E-state index contributed by atoms with van der Waals surface area (Å²) in [6, 6.07) is 0. The van der Waals surface area contributed by atoms with Crippen molar-refractivity contribution in [1.82, 2.24) is 15.5 Å². The van der Waals surface area contributed by atoms with Crippen LogP contribution in [0.15, 0.2) is 0 Å². The number of rotatable bonds is 7. The van der Waals surface area contributed by atoms with Crippen LogP contribution in [0.25, 0.3) is 0 Å². The molecule has 104 valence electrons. The van der Waals surface area contributed by atoms with Gasteiger partial charge in [-0.25, -0.2) is 0 Å². The maximum absolute atomic E-state index is 11.7. The number of nitrogens with zero attached hydrogens (tertiary/aromatic N) is 1. The smallest absolute Gasteiger partial charge is 0.223 e. The number of carbonyl (C=O) groups excluding carboxylic acids is 2. The molecule has 0 spiro atoms. The van der Waals surface area contributed by atoms with Crippen LogP contribution in [0.5, 0.6) is 0 Å². The number of nitrogens with one attached hydrogen (secondary N) is 2. The SMILES string of the molecule is CC(C)CNC(=O)C1CC1C(=O)NCCN(C)C. The molecule has 0 aliphatic heterocycles. The molecule has 2 atom stereocenters. The zero-order chi connectivity index (χ0) is 13.7. The van der Waals surface area contributed by atoms with Crippen LogP contribution in [0.2, 0.25) is 0 Å². The van der Waals surface area contributed by atoms with Gasteiger partial charge in [0.05, 0.1) is 11.8 Å². The molecular weight excluding hydrogens is 230 g/mol. The van der Waals surface area contributed by atoms with Crippen molar-refractivity contribution in [1.29, 1.82) is 0 Å². The monoisotopic (exact) mass is 255 g/mol. The minimum atomic E-state index is -0.112. The number of hydrogen-bond donors (Lipinski definition) is 2. The summed E-state index contributed by atoms with van der Waals surface area (Å²) in [6.07, 6.45) is 0.692. The van der Waals surface area contributed by atoms with Gasteiger partial charge in [-0.05, 0) is 26.4 Å². The van der Waals surface area contributed by atoms with Crippen LogP contribution in [-0.4, -0.2) is 50.4 Å². The Balaban J connectivity index is 2.18. The molecule has 5 nitrogen and oxygen atoms in total. The molecule has 1 fully saturated rings. The molecule has 2 unspecified atom stereocenters. The Bertz CT molecular complexity index is 303. The first-order valence-electron chi connectivity index (χ1n) is 6.62. The minimum Gasteiger partial charge on any atom is -0.356 e. The van der Waals surface area contributed by atoms with Gasteiger partial charge < -0.3 is 15.5 Å². The van der Waals surface area contributed by atoms with Gasteiger partial charge in [0.2, 0.25) is 11.8 Å². The first kappa shape index (κ1) is 15.0. The molecule has 0 heterocycles. The van der Waals surface area contributed by atoms with Gasteiger partial charge in [0.15, 0.2) is 0 Å². The highest BCUT2D eigenvalue weighted by Gasteiger charge is 2.47. The highest BCUT2D eigenvalue weighted by Crippen LogP contribution is 2.38. The van der Waals surface area contributed by atoms with E-state index < -0.39 is 0 Å². The number of hydrogen-bond acceptors (Lipinski definition) is 3. The minimum absolute atomic E-state index is 0.0153. The third-order valence-corrected chi connectivity index (χ3v) is 3.01. The molecule has 1 aliphatic rings. The van der Waals surface area contributed by atoms with E-state index in [1.807, 2.05) is 19.0 Å². The van der Waals surface area contributed by atoms with E-state index in [4.69, 9.17) is 0 Å². The van der Waals surface area contributed by atoms with Gasteiger partial charge in [0.25, 0.3) is 0 Å². The van der Waals surface area contributed by atoms with E-state index in [1.165, 1.54) is 0 Å². The molecule has 1 saturated carbocycles. The summed E-state index contributed by atoms with van der Waals surface area (Å²) in [5.74, 6) is 0.264. The fourth-order valence-corrected chi connectivity index (χ4v) is 1.74. The summed E-state index contributed by atoms with van der Waals surface area (Å²) in [4.78, 5) is 25.5. The molecule has 2 amide bonds. The molecule has 1 rings (SSSR count). The molecule has 1 aliphatic carbocycles. The van der Waals surface area contributed by atoms with Crippen LogP contribution in [0, 0.1) is 17.8 Å². The summed E-state index contributed by atoms with van der Waals surface area (Å²) < 4.78 is 0. The Morgan fingerprint density at radius 1 is 1.17 bits per heavy atom. The van der Waals surface area contributed by atoms with E-state index in [-0.39, 0.29) is 23.7 Å². The molecule has 0 aromatic heterocycles. The van der Waals surface area contributed by atoms with Gasteiger partial charge in [-0.2, -0.15) is 0 Å². The Morgan fingerprint density at radius 2 is 1.72 bits per heavy atom. The third-order valence-electron chi connectivity index (χ3n) is 3.01. The molecule has 0 saturated heterocycles. The Morgan fingerprint density at radius 3 is 2.22 bits per heavy atom. The fraction of sp³-hybridized carbons (Fsp3) is 0.846. The Labute approximate surface area is 109 Å². The van der Waals surface area contributed by atoms with Crippen molar-refractivity contribution < 1.29 is 9.59 Å². The number of amides is 2. The van der Waals surface area contributed by atoms with Gasteiger partial charge in [0.1, 0.15) is 0 Å². The normalized spacial score (nSPS) is 22.1. The van der Waals surface area contributed by atoms with Crippen molar-refractivity contribution in [2.45, 2.75) is 20.3 Å². The quantitative estimate of drug-likeness (QED) is 0.677. The lowest BCUT2D eigenvalue weighted by Gasteiger charge is -2.10. The summed E-state index contributed by atoms with van der Waals surface area (Å²) in [5.41, 5.74) is 0. The lowest BCUT2D eigenvalue weighted by atomic mass is 10.2. The first-order valence-corrected chi connectivity index (χ1v) is 6.62. The van der Waals surface area contributed by atoms with Crippen molar-refractivity contribution in [3.05, 3.63) is 0 Å². The topological polar surface area (TPSA) is 61.4 Å². The summed E-state index contributed by atoms with van der Waals surface area (Å²) >= 11 is 0. The third kappa shape index (κ3) is 5.04. The Kier molecular flexibility index (Phi) is 5.59. The van der Waals surface area contributed by atoms with Crippen molar-refractivity contribution in [3.63, 3.8) is 0 Å². The van der Waals surface area contributed by atoms with Crippen molar-refractivity contribution in [3.8, 4) is 0 Å². The van der Waals surface area contributed by atoms with E-state index in [2.05, 4.69) is 24.5 Å². The van der Waals surface area contributed by atoms with E-state index >= 15 is 0 Å². The van der Waals surface area contributed by atoms with Crippen molar-refractivity contribution in [2.24, 2.45) is 17.8 Å². The molecule has 18 heavy (non-hydrogen) atoms. The van der Waals surface area contributed by atoms with Crippen LogP contribution in [0.3, 0.4) is 0 Å². The fourth-order valence-electron chi connectivity index (χ4n) is 1.74. The lowest BCUT2D eigenvalue weighted by Crippen LogP contribution is -2.34. The van der Waals surface area contributed by atoms with E-state index in [9.17, 15) is 9.59 Å². The largest absolute Gasteiger partial charge is 0.356 e. The average molecular weight is 255 g/mol. The standard InChI is InChI=1S/C13H25N3O2/c1-9(2)8-15-13(18)11-7-10(11)12(17)14-5-6-16(3)4/h9-11H,5-8H2,1-4H3,(H,14,17)(H,15,18). The molecule has 0 aromatic rings. The summed E-state index contributed by atoms with van der Waals surface area (Å²) in [5, 5.41) is 5.74. The van der Waals surface area contributed by atoms with Gasteiger partial charge in [-0.3, -0.25) is 9.59 Å². The van der Waals surface area contributed by atoms with Gasteiger partial charge in [-0.1, -0.05) is 13.8 Å². The van der Waals surface area contributed by atoms with E-state index in [0.29, 0.717) is 25.4 Å². The van der Waals surface area contributed by atoms with Gasteiger partial charge >= 0.3 is 0 Å². The van der Waals surface area contributed by atoms with Crippen LogP contribution in [-0.2, 0) is 9.59 Å². The molecule has 5 heteroatoms. The molecular formula is C13H25N3O2. The Hall–Kier alpha value is -1.10. The second kappa shape index (κ2) is 6.73. The molecule has 2 N–H and O–H groups in total. The number of carbonyl (C=O) groups is 2. The maximum atomic E-state index is 11.7. The van der Waals surface area contributed by atoms with Gasteiger partial charge in [0, 0.05) is 19.6 Å². The predicted octanol–water partition coefficient (Wildman–Crippen LogP) is 0.0725. The second-order valence-corrected chi connectivity index (χ2v) is 5.68. The summed E-state index contributed by atoms with van der Waals surface area (Å²) in [7, 11) is 3.93. The molecule has 0 bridgehead atoms. The van der Waals surface area contributed by atoms with Crippen LogP contribution < -0.4 is 10.6 Å². The second-order valence-electron chi connectivity index (χ2n) is 5.68. The van der Waals surface area contributed by atoms with Gasteiger partial charge in [-0.15, -0.1) is 0 Å². The lowest BCUT2D eigenvalue weighted by molar-refractivity contribution is -0.127. The first-order chi connectivity index (χ1) is 8.41. The van der Waals surface area contributed by atoms with Crippen LogP contribution >= 0.6 is 0 Å². The van der Waals surface area contributed by atoms with Crippen LogP contribution in [0.4, 0.5) is 0 Å². The highest BCUT2D eigenvalue weighted by molar-refractivity contribution is 5.92. The zero-order valence-corrected chi connectivity index (χ0v) is 11.8. The van der Waals surface area contributed by atoms with E-state index in [1.54, 1.807) is 0 Å². The highest BCUT2D eigenvalue weighted by atomic mass is 16.2. The van der Waals surface area contributed by atoms with Crippen molar-refractivity contribution >= 4 is 11.8 Å². The zero-order valence-electron chi connectivity index (χ0n) is 11.8. The molecule has 0 aromatic carbocycles. The van der Waals surface area contributed by atoms with Crippen LogP contribution in [0.1, 0.15) is 20.3 Å².